The highest BCUT2D eigenvalue weighted by molar-refractivity contribution is 5.85. The minimum absolute atomic E-state index is 0.260. The lowest BCUT2D eigenvalue weighted by molar-refractivity contribution is 0.638. The maximum Gasteiger partial charge on any atom is 0.250 e. The van der Waals surface area contributed by atoms with E-state index in [4.69, 9.17) is 5.26 Å². The molecule has 1 aromatic heterocycles. The second kappa shape index (κ2) is 3.21. The maximum atomic E-state index is 13.4. The molecular weight excluding hydrogens is 195 g/mol. The molecule has 15 heavy (non-hydrogen) atoms. The van der Waals surface area contributed by atoms with E-state index in [0.717, 1.165) is 0 Å². The van der Waals surface area contributed by atoms with E-state index in [-0.39, 0.29) is 10.9 Å². The molecule has 0 N–H and O–H groups in total. The number of aromatic nitrogens is 1. The third kappa shape index (κ3) is 1.29. The molecule has 1 aromatic carbocycles. The largest absolute Gasteiger partial charge is 0.310 e. The van der Waals surface area contributed by atoms with Crippen LogP contribution in [0.15, 0.2) is 29.1 Å². The first kappa shape index (κ1) is 9.41. The number of hydrogen-bond donors (Lipinski definition) is 0. The van der Waals surface area contributed by atoms with Crippen molar-refractivity contribution in [3.63, 3.8) is 0 Å². The minimum atomic E-state index is -0.431. The molecule has 0 saturated carbocycles. The van der Waals surface area contributed by atoms with Crippen LogP contribution in [0.25, 0.3) is 10.9 Å². The highest BCUT2D eigenvalue weighted by Crippen LogP contribution is 2.19. The van der Waals surface area contributed by atoms with E-state index in [1.54, 1.807) is 0 Å². The molecule has 0 aliphatic heterocycles. The van der Waals surface area contributed by atoms with Crippen molar-refractivity contribution in [1.82, 2.24) is 4.57 Å². The summed E-state index contributed by atoms with van der Waals surface area (Å²) in [5.41, 5.74) is 0.376. The number of aryl methyl sites for hydroxylation is 1. The molecule has 0 saturated heterocycles. The Labute approximate surface area is 85.0 Å². The van der Waals surface area contributed by atoms with Crippen LogP contribution in [0.4, 0.5) is 4.39 Å². The van der Waals surface area contributed by atoms with Crippen molar-refractivity contribution in [3.05, 3.63) is 46.0 Å². The molecular formula is C11H7FN2O. The molecule has 0 aliphatic carbocycles. The molecule has 2 aromatic rings. The average molecular weight is 202 g/mol. The number of halogens is 1. The monoisotopic (exact) mass is 202 g/mol. The van der Waals surface area contributed by atoms with Crippen LogP contribution in [0.2, 0.25) is 0 Å². The van der Waals surface area contributed by atoms with Gasteiger partial charge in [-0.25, -0.2) is 4.39 Å². The number of rotatable bonds is 0. The van der Waals surface area contributed by atoms with Gasteiger partial charge in [-0.1, -0.05) is 0 Å². The quantitative estimate of drug-likeness (QED) is 0.650. The SMILES string of the molecule is Cn1c(=O)ccc2c(F)ccc(C#N)c21. The Morgan fingerprint density at radius 2 is 2.07 bits per heavy atom. The normalized spacial score (nSPS) is 10.2. The fourth-order valence-electron chi connectivity index (χ4n) is 1.57. The van der Waals surface area contributed by atoms with E-state index >= 15 is 0 Å². The molecule has 0 atom stereocenters. The third-order valence-electron chi connectivity index (χ3n) is 2.34. The minimum Gasteiger partial charge on any atom is -0.310 e. The van der Waals surface area contributed by atoms with Crippen molar-refractivity contribution in [3.8, 4) is 6.07 Å². The third-order valence-corrected chi connectivity index (χ3v) is 2.34. The van der Waals surface area contributed by atoms with Crippen LogP contribution in [-0.2, 0) is 7.05 Å². The molecule has 0 spiro atoms. The first-order chi connectivity index (χ1) is 7.15. The summed E-state index contributed by atoms with van der Waals surface area (Å²) in [7, 11) is 1.52. The number of pyridine rings is 1. The van der Waals surface area contributed by atoms with Gasteiger partial charge in [0, 0.05) is 18.5 Å². The van der Waals surface area contributed by atoms with Gasteiger partial charge in [0.05, 0.1) is 11.1 Å². The van der Waals surface area contributed by atoms with Gasteiger partial charge in [0.25, 0.3) is 5.56 Å². The fourth-order valence-corrected chi connectivity index (χ4v) is 1.57. The lowest BCUT2D eigenvalue weighted by Gasteiger charge is -2.06. The van der Waals surface area contributed by atoms with Crippen LogP contribution in [0.5, 0.6) is 0 Å². The summed E-state index contributed by atoms with van der Waals surface area (Å²) >= 11 is 0. The molecule has 0 amide bonds. The van der Waals surface area contributed by atoms with Crippen LogP contribution < -0.4 is 5.56 Å². The van der Waals surface area contributed by atoms with E-state index in [0.29, 0.717) is 11.1 Å². The van der Waals surface area contributed by atoms with Crippen LogP contribution in [0.3, 0.4) is 0 Å². The number of nitrogens with zero attached hydrogens (tertiary/aromatic N) is 2. The smallest absolute Gasteiger partial charge is 0.250 e. The predicted molar refractivity (Wildman–Crippen MR) is 53.9 cm³/mol. The number of nitriles is 1. The van der Waals surface area contributed by atoms with E-state index in [1.807, 2.05) is 6.07 Å². The summed E-state index contributed by atoms with van der Waals surface area (Å²) in [6.07, 6.45) is 0. The zero-order valence-electron chi connectivity index (χ0n) is 7.99. The van der Waals surface area contributed by atoms with Crippen LogP contribution in [0, 0.1) is 17.1 Å². The van der Waals surface area contributed by atoms with Gasteiger partial charge in [-0.15, -0.1) is 0 Å². The topological polar surface area (TPSA) is 45.8 Å². The molecule has 0 fully saturated rings. The molecule has 0 radical (unpaired) electrons. The van der Waals surface area contributed by atoms with Crippen molar-refractivity contribution < 1.29 is 4.39 Å². The summed E-state index contributed by atoms with van der Waals surface area (Å²) in [4.78, 5) is 11.3. The predicted octanol–water partition coefficient (Wildman–Crippen LogP) is 1.55. The van der Waals surface area contributed by atoms with Crippen molar-refractivity contribution in [2.24, 2.45) is 7.05 Å². The molecule has 3 nitrogen and oxygen atoms in total. The standard InChI is InChI=1S/C11H7FN2O/c1-14-10(15)5-3-8-9(12)4-2-7(6-13)11(8)14/h2-5H,1H3. The maximum absolute atomic E-state index is 13.4. The molecule has 1 heterocycles. The van der Waals surface area contributed by atoms with Crippen LogP contribution in [-0.4, -0.2) is 4.57 Å². The Hall–Kier alpha value is -2.15. The Bertz CT molecular complexity index is 637. The fraction of sp³-hybridized carbons (Fsp3) is 0.0909. The second-order valence-electron chi connectivity index (χ2n) is 3.20. The molecule has 2 rings (SSSR count). The van der Waals surface area contributed by atoms with Gasteiger partial charge in [-0.05, 0) is 18.2 Å². The van der Waals surface area contributed by atoms with Crippen molar-refractivity contribution in [2.45, 2.75) is 0 Å². The second-order valence-corrected chi connectivity index (χ2v) is 3.20. The Morgan fingerprint density at radius 3 is 2.73 bits per heavy atom. The zero-order valence-corrected chi connectivity index (χ0v) is 7.99. The lowest BCUT2D eigenvalue weighted by atomic mass is 10.1. The van der Waals surface area contributed by atoms with Crippen molar-refractivity contribution >= 4 is 10.9 Å². The lowest BCUT2D eigenvalue weighted by Crippen LogP contribution is -2.16. The van der Waals surface area contributed by atoms with Gasteiger partial charge in [-0.2, -0.15) is 5.26 Å². The van der Waals surface area contributed by atoms with Crippen LogP contribution in [0.1, 0.15) is 5.56 Å². The number of hydrogen-bond acceptors (Lipinski definition) is 2. The van der Waals surface area contributed by atoms with E-state index in [2.05, 4.69) is 0 Å². The van der Waals surface area contributed by atoms with Gasteiger partial charge in [0.2, 0.25) is 0 Å². The van der Waals surface area contributed by atoms with E-state index < -0.39 is 5.82 Å². The van der Waals surface area contributed by atoms with Crippen molar-refractivity contribution in [2.75, 3.05) is 0 Å². The Morgan fingerprint density at radius 1 is 1.33 bits per heavy atom. The van der Waals surface area contributed by atoms with Gasteiger partial charge < -0.3 is 4.57 Å². The van der Waals surface area contributed by atoms with Gasteiger partial charge in [0.15, 0.2) is 0 Å². The summed E-state index contributed by atoms with van der Waals surface area (Å²) in [5, 5.41) is 9.14. The average Bonchev–Trinajstić information content (AvgIpc) is 2.24. The summed E-state index contributed by atoms with van der Waals surface area (Å²) in [6, 6.07) is 7.22. The Balaban J connectivity index is 3.10. The number of benzene rings is 1. The van der Waals surface area contributed by atoms with Gasteiger partial charge in [-0.3, -0.25) is 4.79 Å². The van der Waals surface area contributed by atoms with Gasteiger partial charge in [0.1, 0.15) is 11.9 Å². The summed E-state index contributed by atoms with van der Waals surface area (Å²) in [5.74, 6) is -0.431. The van der Waals surface area contributed by atoms with E-state index in [1.165, 1.54) is 35.9 Å². The van der Waals surface area contributed by atoms with Gasteiger partial charge >= 0.3 is 0 Å². The first-order valence-electron chi connectivity index (χ1n) is 4.33. The zero-order chi connectivity index (χ0) is 11.0. The first-order valence-corrected chi connectivity index (χ1v) is 4.33. The highest BCUT2D eigenvalue weighted by Gasteiger charge is 2.08. The summed E-state index contributed by atoms with van der Waals surface area (Å²) < 4.78 is 14.7. The van der Waals surface area contributed by atoms with E-state index in [9.17, 15) is 9.18 Å². The highest BCUT2D eigenvalue weighted by atomic mass is 19.1. The molecule has 0 aliphatic rings. The molecule has 4 heteroatoms. The van der Waals surface area contributed by atoms with Crippen LogP contribution >= 0.6 is 0 Å². The molecule has 0 unspecified atom stereocenters. The van der Waals surface area contributed by atoms with Crippen molar-refractivity contribution in [1.29, 1.82) is 5.26 Å². The summed E-state index contributed by atoms with van der Waals surface area (Å²) in [6.45, 7) is 0. The molecule has 0 bridgehead atoms. The Kier molecular flexibility index (Phi) is 2.01. The molecule has 74 valence electrons. The number of fused-ring (bicyclic) bond motifs is 1.